The zero-order valence-corrected chi connectivity index (χ0v) is 14.7. The topological polar surface area (TPSA) is 26.3 Å². The third-order valence-electron chi connectivity index (χ3n) is 2.87. The van der Waals surface area contributed by atoms with Gasteiger partial charge in [-0.25, -0.2) is 4.79 Å². The molecule has 0 fully saturated rings. The molecule has 0 aliphatic heterocycles. The summed E-state index contributed by atoms with van der Waals surface area (Å²) in [6, 6.07) is 2.94. The Kier molecular flexibility index (Phi) is 9.30. The van der Waals surface area contributed by atoms with E-state index in [4.69, 9.17) is 39.5 Å². The number of unbranched alkanes of at least 4 members (excludes halogenated alkanes) is 2. The van der Waals surface area contributed by atoms with Crippen LogP contribution < -0.4 is 0 Å². The van der Waals surface area contributed by atoms with Gasteiger partial charge in [-0.15, -0.1) is 0 Å². The van der Waals surface area contributed by atoms with Gasteiger partial charge in [-0.2, -0.15) is 0 Å². The molecule has 0 aromatic heterocycles. The SMILES string of the molecule is C/C=C/CCC/C=C/CCOC(=O)c1c(Cl)cc(Cl)cc1Cl. The van der Waals surface area contributed by atoms with E-state index in [-0.39, 0.29) is 15.6 Å². The van der Waals surface area contributed by atoms with Crippen molar-refractivity contribution >= 4 is 40.8 Å². The third-order valence-corrected chi connectivity index (χ3v) is 3.69. The molecule has 5 heteroatoms. The number of benzene rings is 1. The molecular formula is C17H19Cl3O2. The van der Waals surface area contributed by atoms with Gasteiger partial charge in [0.15, 0.2) is 0 Å². The summed E-state index contributed by atoms with van der Waals surface area (Å²) in [5, 5.41) is 0.774. The van der Waals surface area contributed by atoms with Crippen LogP contribution in [0, 0.1) is 0 Å². The van der Waals surface area contributed by atoms with Crippen molar-refractivity contribution < 1.29 is 9.53 Å². The van der Waals surface area contributed by atoms with E-state index in [9.17, 15) is 4.79 Å². The molecule has 1 rings (SSSR count). The number of carbonyl (C=O) groups is 1. The summed E-state index contributed by atoms with van der Waals surface area (Å²) in [5.41, 5.74) is 0.156. The first kappa shape index (κ1) is 19.1. The molecule has 0 saturated heterocycles. The van der Waals surface area contributed by atoms with Gasteiger partial charge in [-0.3, -0.25) is 0 Å². The monoisotopic (exact) mass is 360 g/mol. The highest BCUT2D eigenvalue weighted by atomic mass is 35.5. The largest absolute Gasteiger partial charge is 0.462 e. The fourth-order valence-corrected chi connectivity index (χ4v) is 2.76. The van der Waals surface area contributed by atoms with E-state index in [1.54, 1.807) is 0 Å². The first-order valence-electron chi connectivity index (χ1n) is 7.14. The van der Waals surface area contributed by atoms with Crippen LogP contribution in [0.3, 0.4) is 0 Å². The Bertz CT molecular complexity index is 528. The highest BCUT2D eigenvalue weighted by Gasteiger charge is 2.16. The van der Waals surface area contributed by atoms with Crippen molar-refractivity contribution in [2.45, 2.75) is 32.6 Å². The molecule has 1 aromatic rings. The minimum Gasteiger partial charge on any atom is -0.462 e. The minimum absolute atomic E-state index is 0.156. The van der Waals surface area contributed by atoms with Gasteiger partial charge in [0.2, 0.25) is 0 Å². The summed E-state index contributed by atoms with van der Waals surface area (Å²) in [6.07, 6.45) is 12.2. The minimum atomic E-state index is -0.534. The standard InChI is InChI=1S/C17H19Cl3O2/c1-2-3-4-5-6-7-8-9-10-22-17(21)16-14(19)11-13(18)12-15(16)20/h2-3,7-8,11-12H,4-6,9-10H2,1H3/b3-2+,8-7+. The number of hydrogen-bond donors (Lipinski definition) is 0. The van der Waals surface area contributed by atoms with Crippen LogP contribution in [0.4, 0.5) is 0 Å². The van der Waals surface area contributed by atoms with Crippen LogP contribution in [0.25, 0.3) is 0 Å². The van der Waals surface area contributed by atoms with E-state index in [1.165, 1.54) is 12.1 Å². The van der Waals surface area contributed by atoms with Crippen LogP contribution >= 0.6 is 34.8 Å². The zero-order valence-electron chi connectivity index (χ0n) is 12.5. The van der Waals surface area contributed by atoms with Crippen molar-refractivity contribution in [3.8, 4) is 0 Å². The molecule has 0 unspecified atom stereocenters. The molecule has 1 aromatic carbocycles. The number of hydrogen-bond acceptors (Lipinski definition) is 2. The van der Waals surface area contributed by atoms with Gasteiger partial charge in [0.1, 0.15) is 0 Å². The quantitative estimate of drug-likeness (QED) is 0.300. The van der Waals surface area contributed by atoms with Crippen LogP contribution in [-0.2, 0) is 4.74 Å². The molecule has 0 amide bonds. The van der Waals surface area contributed by atoms with Gasteiger partial charge in [-0.05, 0) is 44.7 Å². The molecule has 0 spiro atoms. The van der Waals surface area contributed by atoms with Crippen molar-refractivity contribution in [2.75, 3.05) is 6.61 Å². The van der Waals surface area contributed by atoms with Crippen molar-refractivity contribution in [3.63, 3.8) is 0 Å². The maximum Gasteiger partial charge on any atom is 0.341 e. The van der Waals surface area contributed by atoms with Gasteiger partial charge in [-0.1, -0.05) is 59.1 Å². The van der Waals surface area contributed by atoms with E-state index in [0.717, 1.165) is 19.3 Å². The normalized spacial score (nSPS) is 11.5. The lowest BCUT2D eigenvalue weighted by molar-refractivity contribution is 0.0512. The number of halogens is 3. The lowest BCUT2D eigenvalue weighted by Gasteiger charge is -2.07. The first-order chi connectivity index (χ1) is 10.6. The van der Waals surface area contributed by atoms with E-state index in [1.807, 2.05) is 13.0 Å². The highest BCUT2D eigenvalue weighted by Crippen LogP contribution is 2.29. The van der Waals surface area contributed by atoms with Crippen LogP contribution in [-0.4, -0.2) is 12.6 Å². The van der Waals surface area contributed by atoms with E-state index in [2.05, 4.69) is 18.2 Å². The average molecular weight is 362 g/mol. The smallest absolute Gasteiger partial charge is 0.341 e. The number of rotatable bonds is 8. The summed E-state index contributed by atoms with van der Waals surface area (Å²) in [6.45, 7) is 2.31. The summed E-state index contributed by atoms with van der Waals surface area (Å²) in [4.78, 5) is 11.9. The molecule has 0 bridgehead atoms. The molecular weight excluding hydrogens is 343 g/mol. The van der Waals surface area contributed by atoms with Crippen LogP contribution in [0.5, 0.6) is 0 Å². The first-order valence-corrected chi connectivity index (χ1v) is 8.27. The molecule has 0 heterocycles. The molecule has 0 saturated carbocycles. The summed E-state index contributed by atoms with van der Waals surface area (Å²) in [5.74, 6) is -0.534. The fraction of sp³-hybridized carbons (Fsp3) is 0.353. The van der Waals surface area contributed by atoms with Crippen LogP contribution in [0.2, 0.25) is 15.1 Å². The molecule has 120 valence electrons. The summed E-state index contributed by atoms with van der Waals surface area (Å²) < 4.78 is 5.16. The van der Waals surface area contributed by atoms with Crippen LogP contribution in [0.1, 0.15) is 43.0 Å². The van der Waals surface area contributed by atoms with Gasteiger partial charge in [0.25, 0.3) is 0 Å². The van der Waals surface area contributed by atoms with Crippen LogP contribution in [0.15, 0.2) is 36.4 Å². The van der Waals surface area contributed by atoms with Crippen molar-refractivity contribution in [1.82, 2.24) is 0 Å². The zero-order chi connectivity index (χ0) is 16.4. The Morgan fingerprint density at radius 1 is 1.05 bits per heavy atom. The second-order valence-corrected chi connectivity index (χ2v) is 5.89. The lowest BCUT2D eigenvalue weighted by Crippen LogP contribution is -2.07. The van der Waals surface area contributed by atoms with Crippen molar-refractivity contribution in [2.24, 2.45) is 0 Å². The fourth-order valence-electron chi connectivity index (χ4n) is 1.78. The number of ether oxygens (including phenoxy) is 1. The Balaban J connectivity index is 2.34. The molecule has 0 aliphatic rings. The molecule has 0 aliphatic carbocycles. The summed E-state index contributed by atoms with van der Waals surface area (Å²) in [7, 11) is 0. The van der Waals surface area contributed by atoms with Gasteiger partial charge >= 0.3 is 5.97 Å². The Hall–Kier alpha value is -0.960. The van der Waals surface area contributed by atoms with Gasteiger partial charge in [0.05, 0.1) is 22.2 Å². The van der Waals surface area contributed by atoms with E-state index >= 15 is 0 Å². The van der Waals surface area contributed by atoms with Crippen molar-refractivity contribution in [1.29, 1.82) is 0 Å². The highest BCUT2D eigenvalue weighted by molar-refractivity contribution is 6.41. The second kappa shape index (κ2) is 10.7. The maximum absolute atomic E-state index is 11.9. The Morgan fingerprint density at radius 3 is 2.27 bits per heavy atom. The Morgan fingerprint density at radius 2 is 1.64 bits per heavy atom. The predicted octanol–water partition coefficient (Wildman–Crippen LogP) is 6.50. The predicted molar refractivity (Wildman–Crippen MR) is 94.2 cm³/mol. The van der Waals surface area contributed by atoms with Gasteiger partial charge in [0, 0.05) is 5.02 Å². The molecule has 0 atom stereocenters. The van der Waals surface area contributed by atoms with E-state index < -0.39 is 5.97 Å². The van der Waals surface area contributed by atoms with E-state index in [0.29, 0.717) is 18.1 Å². The maximum atomic E-state index is 11.9. The lowest BCUT2D eigenvalue weighted by atomic mass is 10.2. The third kappa shape index (κ3) is 6.87. The van der Waals surface area contributed by atoms with Gasteiger partial charge < -0.3 is 4.74 Å². The number of carbonyl (C=O) groups excluding carboxylic acids is 1. The second-order valence-electron chi connectivity index (χ2n) is 4.64. The molecule has 0 N–H and O–H groups in total. The Labute approximate surface area is 146 Å². The average Bonchev–Trinajstić information content (AvgIpc) is 2.44. The molecule has 0 radical (unpaired) electrons. The number of esters is 1. The number of allylic oxidation sites excluding steroid dienone is 3. The van der Waals surface area contributed by atoms with Crippen molar-refractivity contribution in [3.05, 3.63) is 57.1 Å². The molecule has 22 heavy (non-hydrogen) atoms. The summed E-state index contributed by atoms with van der Waals surface area (Å²) >= 11 is 17.7. The molecule has 2 nitrogen and oxygen atoms in total.